The second-order valence-electron chi connectivity index (χ2n) is 7.66. The lowest BCUT2D eigenvalue weighted by atomic mass is 9.51. The first-order chi connectivity index (χ1) is 10.1. The third-order valence-corrected chi connectivity index (χ3v) is 5.73. The minimum Gasteiger partial charge on any atom is -0.390 e. The van der Waals surface area contributed by atoms with Crippen molar-refractivity contribution in [1.29, 1.82) is 0 Å². The van der Waals surface area contributed by atoms with Gasteiger partial charge in [0.1, 0.15) is 0 Å². The summed E-state index contributed by atoms with van der Waals surface area (Å²) in [5.74, 6) is 1.50. The van der Waals surface area contributed by atoms with E-state index in [4.69, 9.17) is 0 Å². The molecular weight excluding hydrogens is 294 g/mol. The SMILES string of the molecule is Cl.OC12CC3CC(C1)CC(NCC=Cc1ccccc1)(C3)C2. The quantitative estimate of drug-likeness (QED) is 0.885. The Bertz CT molecular complexity index is 528. The van der Waals surface area contributed by atoms with E-state index in [0.717, 1.165) is 37.6 Å². The van der Waals surface area contributed by atoms with Crippen LogP contribution in [0.5, 0.6) is 0 Å². The van der Waals surface area contributed by atoms with E-state index in [-0.39, 0.29) is 23.5 Å². The number of hydrogen-bond donors (Lipinski definition) is 2. The van der Waals surface area contributed by atoms with Crippen molar-refractivity contribution in [2.45, 2.75) is 49.7 Å². The van der Waals surface area contributed by atoms with Gasteiger partial charge in [-0.1, -0.05) is 42.5 Å². The van der Waals surface area contributed by atoms with Gasteiger partial charge < -0.3 is 10.4 Å². The van der Waals surface area contributed by atoms with E-state index in [1.54, 1.807) is 0 Å². The molecule has 4 saturated carbocycles. The molecule has 120 valence electrons. The maximum atomic E-state index is 10.7. The highest BCUT2D eigenvalue weighted by molar-refractivity contribution is 5.85. The molecule has 4 aliphatic carbocycles. The highest BCUT2D eigenvalue weighted by Crippen LogP contribution is 2.57. The predicted molar refractivity (Wildman–Crippen MR) is 93.1 cm³/mol. The standard InChI is InChI=1S/C19H25NO.ClH/c21-19-12-16-9-17(13-19)11-18(10-16,14-19)20-8-4-7-15-5-2-1-3-6-15;/h1-7,16-17,20-21H,8-14H2;1H. The second kappa shape index (κ2) is 5.99. The molecule has 0 radical (unpaired) electrons. The molecule has 0 saturated heterocycles. The Morgan fingerprint density at radius 1 is 1.09 bits per heavy atom. The summed E-state index contributed by atoms with van der Waals surface area (Å²) < 4.78 is 0. The molecule has 0 aromatic heterocycles. The molecule has 0 spiro atoms. The Balaban J connectivity index is 0.00000144. The third kappa shape index (κ3) is 3.10. The average molecular weight is 320 g/mol. The van der Waals surface area contributed by atoms with Crippen molar-refractivity contribution in [1.82, 2.24) is 5.32 Å². The molecule has 2 unspecified atom stereocenters. The Labute approximate surface area is 139 Å². The molecule has 4 aliphatic rings. The van der Waals surface area contributed by atoms with Crippen LogP contribution in [0.15, 0.2) is 36.4 Å². The summed E-state index contributed by atoms with van der Waals surface area (Å²) in [6.07, 6.45) is 11.4. The molecule has 2 N–H and O–H groups in total. The van der Waals surface area contributed by atoms with Crippen LogP contribution in [-0.2, 0) is 0 Å². The summed E-state index contributed by atoms with van der Waals surface area (Å²) in [5, 5.41) is 14.5. The zero-order valence-corrected chi connectivity index (χ0v) is 13.8. The fraction of sp³-hybridized carbons (Fsp3) is 0.579. The fourth-order valence-corrected chi connectivity index (χ4v) is 5.46. The van der Waals surface area contributed by atoms with Crippen LogP contribution in [0.1, 0.15) is 44.1 Å². The zero-order chi connectivity index (χ0) is 14.3. The van der Waals surface area contributed by atoms with Gasteiger partial charge in [-0.15, -0.1) is 12.4 Å². The normalized spacial score (nSPS) is 39.1. The molecule has 0 heterocycles. The maximum Gasteiger partial charge on any atom is 0.0670 e. The summed E-state index contributed by atoms with van der Waals surface area (Å²) >= 11 is 0. The molecule has 2 atom stereocenters. The summed E-state index contributed by atoms with van der Waals surface area (Å²) in [6.45, 7) is 0.907. The first-order valence-electron chi connectivity index (χ1n) is 8.34. The minimum atomic E-state index is -0.361. The van der Waals surface area contributed by atoms with Gasteiger partial charge >= 0.3 is 0 Å². The Kier molecular flexibility index (Phi) is 4.37. The Morgan fingerprint density at radius 3 is 2.41 bits per heavy atom. The number of hydrogen-bond acceptors (Lipinski definition) is 2. The van der Waals surface area contributed by atoms with E-state index in [1.807, 2.05) is 6.07 Å². The second-order valence-corrected chi connectivity index (χ2v) is 7.66. The molecule has 22 heavy (non-hydrogen) atoms. The van der Waals surface area contributed by atoms with Crippen LogP contribution in [-0.4, -0.2) is 22.8 Å². The van der Waals surface area contributed by atoms with Crippen LogP contribution in [0.4, 0.5) is 0 Å². The van der Waals surface area contributed by atoms with Crippen LogP contribution in [0.2, 0.25) is 0 Å². The van der Waals surface area contributed by atoms with Gasteiger partial charge in [0.2, 0.25) is 0 Å². The molecule has 2 nitrogen and oxygen atoms in total. The summed E-state index contributed by atoms with van der Waals surface area (Å²) in [7, 11) is 0. The van der Waals surface area contributed by atoms with Crippen molar-refractivity contribution >= 4 is 18.5 Å². The van der Waals surface area contributed by atoms with Crippen molar-refractivity contribution in [3.05, 3.63) is 42.0 Å². The number of rotatable bonds is 4. The number of nitrogens with one attached hydrogen (secondary N) is 1. The molecular formula is C19H26ClNO. The lowest BCUT2D eigenvalue weighted by Crippen LogP contribution is -2.64. The smallest absolute Gasteiger partial charge is 0.0670 e. The highest BCUT2D eigenvalue weighted by atomic mass is 35.5. The Hall–Kier alpha value is -0.830. The fourth-order valence-electron chi connectivity index (χ4n) is 5.46. The average Bonchev–Trinajstić information content (AvgIpc) is 2.42. The van der Waals surface area contributed by atoms with Gasteiger partial charge in [0.25, 0.3) is 0 Å². The van der Waals surface area contributed by atoms with Crippen molar-refractivity contribution < 1.29 is 5.11 Å². The van der Waals surface area contributed by atoms with E-state index in [2.05, 4.69) is 41.7 Å². The van der Waals surface area contributed by atoms with Crippen molar-refractivity contribution in [3.63, 3.8) is 0 Å². The molecule has 0 amide bonds. The van der Waals surface area contributed by atoms with Crippen LogP contribution in [0, 0.1) is 11.8 Å². The summed E-state index contributed by atoms with van der Waals surface area (Å²) in [6, 6.07) is 10.4. The minimum absolute atomic E-state index is 0. The van der Waals surface area contributed by atoms with Crippen LogP contribution >= 0.6 is 12.4 Å². The lowest BCUT2D eigenvalue weighted by molar-refractivity contribution is -0.141. The first-order valence-corrected chi connectivity index (χ1v) is 8.34. The van der Waals surface area contributed by atoms with E-state index >= 15 is 0 Å². The molecule has 1 aromatic carbocycles. The van der Waals surface area contributed by atoms with Crippen molar-refractivity contribution in [2.75, 3.05) is 6.54 Å². The van der Waals surface area contributed by atoms with E-state index in [0.29, 0.717) is 0 Å². The summed E-state index contributed by atoms with van der Waals surface area (Å²) in [4.78, 5) is 0. The lowest BCUT2D eigenvalue weighted by Gasteiger charge is -2.60. The van der Waals surface area contributed by atoms with Crippen LogP contribution < -0.4 is 5.32 Å². The third-order valence-electron chi connectivity index (χ3n) is 5.73. The van der Waals surface area contributed by atoms with Gasteiger partial charge in [-0.3, -0.25) is 0 Å². The molecule has 1 aromatic rings. The Morgan fingerprint density at radius 2 is 1.77 bits per heavy atom. The number of halogens is 1. The highest BCUT2D eigenvalue weighted by Gasteiger charge is 2.56. The molecule has 4 fully saturated rings. The number of benzene rings is 1. The van der Waals surface area contributed by atoms with E-state index in [9.17, 15) is 5.11 Å². The molecule has 5 rings (SSSR count). The van der Waals surface area contributed by atoms with E-state index in [1.165, 1.54) is 24.8 Å². The maximum absolute atomic E-state index is 10.7. The van der Waals surface area contributed by atoms with Crippen LogP contribution in [0.3, 0.4) is 0 Å². The monoisotopic (exact) mass is 319 g/mol. The van der Waals surface area contributed by atoms with Crippen LogP contribution in [0.25, 0.3) is 6.08 Å². The van der Waals surface area contributed by atoms with Gasteiger partial charge in [-0.25, -0.2) is 0 Å². The van der Waals surface area contributed by atoms with Gasteiger partial charge in [0.15, 0.2) is 0 Å². The molecule has 4 bridgehead atoms. The van der Waals surface area contributed by atoms with Crippen molar-refractivity contribution in [2.24, 2.45) is 11.8 Å². The zero-order valence-electron chi connectivity index (χ0n) is 13.0. The van der Waals surface area contributed by atoms with E-state index < -0.39 is 0 Å². The number of aliphatic hydroxyl groups is 1. The van der Waals surface area contributed by atoms with Gasteiger partial charge in [-0.05, 0) is 55.9 Å². The molecule has 3 heteroatoms. The predicted octanol–water partition coefficient (Wildman–Crippen LogP) is 3.79. The first kappa shape index (κ1) is 16.0. The molecule has 0 aliphatic heterocycles. The summed E-state index contributed by atoms with van der Waals surface area (Å²) in [5.41, 5.74) is 1.10. The van der Waals surface area contributed by atoms with Gasteiger partial charge in [-0.2, -0.15) is 0 Å². The van der Waals surface area contributed by atoms with Gasteiger partial charge in [0.05, 0.1) is 5.60 Å². The largest absolute Gasteiger partial charge is 0.390 e. The topological polar surface area (TPSA) is 32.3 Å². The van der Waals surface area contributed by atoms with Crippen molar-refractivity contribution in [3.8, 4) is 0 Å². The van der Waals surface area contributed by atoms with Gasteiger partial charge in [0, 0.05) is 12.1 Å².